The van der Waals surface area contributed by atoms with E-state index in [9.17, 15) is 4.79 Å². The fourth-order valence-corrected chi connectivity index (χ4v) is 2.36. The van der Waals surface area contributed by atoms with Gasteiger partial charge < -0.3 is 15.4 Å². The Hall–Kier alpha value is -1.07. The Morgan fingerprint density at radius 2 is 2.05 bits per heavy atom. The summed E-state index contributed by atoms with van der Waals surface area (Å²) in [7, 11) is 0. The van der Waals surface area contributed by atoms with Crippen molar-refractivity contribution in [2.24, 2.45) is 0 Å². The number of hydrogen-bond donors (Lipinski definition) is 2. The molecule has 0 spiro atoms. The van der Waals surface area contributed by atoms with E-state index >= 15 is 0 Å². The highest BCUT2D eigenvalue weighted by molar-refractivity contribution is 9.10. The Morgan fingerprint density at radius 1 is 1.33 bits per heavy atom. The van der Waals surface area contributed by atoms with E-state index in [1.165, 1.54) is 0 Å². The molecule has 0 aliphatic carbocycles. The summed E-state index contributed by atoms with van der Waals surface area (Å²) in [6.45, 7) is 9.44. The molecule has 1 unspecified atom stereocenters. The largest absolute Gasteiger partial charge is 0.479 e. The standard InChI is InChI=1S/C16H25BrN2O2/c1-5-9-18-10-13-7-6-8-14(17)15(13)21-12(4)16(20)19-11(2)3/h6-8,11-12,18H,5,9-10H2,1-4H3,(H,19,20). The van der Waals surface area contributed by atoms with Crippen LogP contribution in [0.1, 0.15) is 39.7 Å². The van der Waals surface area contributed by atoms with E-state index in [2.05, 4.69) is 33.5 Å². The molecule has 1 rings (SSSR count). The van der Waals surface area contributed by atoms with Gasteiger partial charge in [0.05, 0.1) is 4.47 Å². The highest BCUT2D eigenvalue weighted by Gasteiger charge is 2.18. The maximum Gasteiger partial charge on any atom is 0.260 e. The summed E-state index contributed by atoms with van der Waals surface area (Å²) < 4.78 is 6.73. The van der Waals surface area contributed by atoms with Crippen LogP contribution in [0.2, 0.25) is 0 Å². The van der Waals surface area contributed by atoms with Crippen molar-refractivity contribution < 1.29 is 9.53 Å². The van der Waals surface area contributed by atoms with Crippen LogP contribution in [0.3, 0.4) is 0 Å². The van der Waals surface area contributed by atoms with E-state index in [0.29, 0.717) is 0 Å². The molecule has 1 atom stereocenters. The molecular weight excluding hydrogens is 332 g/mol. The maximum atomic E-state index is 12.0. The molecule has 0 saturated heterocycles. The summed E-state index contributed by atoms with van der Waals surface area (Å²) in [6.07, 6.45) is 0.549. The quantitative estimate of drug-likeness (QED) is 0.703. The van der Waals surface area contributed by atoms with Crippen molar-refractivity contribution in [2.45, 2.75) is 52.8 Å². The van der Waals surface area contributed by atoms with Gasteiger partial charge in [0.25, 0.3) is 5.91 Å². The number of nitrogens with one attached hydrogen (secondary N) is 2. The average Bonchev–Trinajstić information content (AvgIpc) is 2.41. The van der Waals surface area contributed by atoms with Gasteiger partial charge in [0, 0.05) is 18.2 Å². The molecule has 0 bridgehead atoms. The first kappa shape index (κ1) is 18.0. The maximum absolute atomic E-state index is 12.0. The molecule has 0 radical (unpaired) electrons. The minimum absolute atomic E-state index is 0.103. The number of halogens is 1. The van der Waals surface area contributed by atoms with Crippen LogP contribution in [0.25, 0.3) is 0 Å². The lowest BCUT2D eigenvalue weighted by molar-refractivity contribution is -0.127. The molecule has 1 aromatic rings. The first-order chi connectivity index (χ1) is 9.95. The summed E-state index contributed by atoms with van der Waals surface area (Å²) in [5.41, 5.74) is 1.04. The lowest BCUT2D eigenvalue weighted by atomic mass is 10.2. The minimum Gasteiger partial charge on any atom is -0.479 e. The lowest BCUT2D eigenvalue weighted by Gasteiger charge is -2.19. The topological polar surface area (TPSA) is 50.4 Å². The molecule has 0 aliphatic heterocycles. The molecule has 1 amide bonds. The SMILES string of the molecule is CCCNCc1cccc(Br)c1OC(C)C(=O)NC(C)C. The number of ether oxygens (including phenoxy) is 1. The van der Waals surface area contributed by atoms with E-state index in [1.54, 1.807) is 6.92 Å². The molecule has 0 saturated carbocycles. The van der Waals surface area contributed by atoms with Crippen molar-refractivity contribution in [3.05, 3.63) is 28.2 Å². The van der Waals surface area contributed by atoms with Crippen molar-refractivity contribution >= 4 is 21.8 Å². The van der Waals surface area contributed by atoms with Crippen LogP contribution >= 0.6 is 15.9 Å². The van der Waals surface area contributed by atoms with Crippen LogP contribution in [0.4, 0.5) is 0 Å². The molecule has 0 fully saturated rings. The van der Waals surface area contributed by atoms with Crippen molar-refractivity contribution in [3.8, 4) is 5.75 Å². The second kappa shape index (κ2) is 9.05. The lowest BCUT2D eigenvalue weighted by Crippen LogP contribution is -2.40. The molecule has 5 heteroatoms. The van der Waals surface area contributed by atoms with E-state index in [0.717, 1.165) is 35.3 Å². The van der Waals surface area contributed by atoms with Crippen molar-refractivity contribution in [1.82, 2.24) is 10.6 Å². The van der Waals surface area contributed by atoms with Crippen molar-refractivity contribution in [1.29, 1.82) is 0 Å². The predicted octanol–water partition coefficient (Wildman–Crippen LogP) is 3.24. The Labute approximate surface area is 135 Å². The highest BCUT2D eigenvalue weighted by Crippen LogP contribution is 2.30. The number of rotatable bonds is 8. The van der Waals surface area contributed by atoms with E-state index < -0.39 is 6.10 Å². The van der Waals surface area contributed by atoms with Gasteiger partial charge in [0.2, 0.25) is 0 Å². The monoisotopic (exact) mass is 356 g/mol. The fourth-order valence-electron chi connectivity index (χ4n) is 1.86. The van der Waals surface area contributed by atoms with Gasteiger partial charge in [0.15, 0.2) is 6.10 Å². The third-order valence-corrected chi connectivity index (χ3v) is 3.51. The molecule has 1 aromatic carbocycles. The van der Waals surface area contributed by atoms with Crippen molar-refractivity contribution in [3.63, 3.8) is 0 Å². The van der Waals surface area contributed by atoms with Crippen LogP contribution < -0.4 is 15.4 Å². The van der Waals surface area contributed by atoms with E-state index in [1.807, 2.05) is 32.0 Å². The second-order valence-electron chi connectivity index (χ2n) is 5.33. The van der Waals surface area contributed by atoms with Gasteiger partial charge in [-0.25, -0.2) is 0 Å². The second-order valence-corrected chi connectivity index (χ2v) is 6.18. The summed E-state index contributed by atoms with van der Waals surface area (Å²) in [6, 6.07) is 6.01. The van der Waals surface area contributed by atoms with Crippen LogP contribution in [0.5, 0.6) is 5.75 Å². The molecule has 2 N–H and O–H groups in total. The van der Waals surface area contributed by atoms with Gasteiger partial charge in [0.1, 0.15) is 5.75 Å². The third-order valence-electron chi connectivity index (χ3n) is 2.89. The predicted molar refractivity (Wildman–Crippen MR) is 89.5 cm³/mol. The number of amides is 1. The van der Waals surface area contributed by atoms with Crippen LogP contribution in [0.15, 0.2) is 22.7 Å². The highest BCUT2D eigenvalue weighted by atomic mass is 79.9. The minimum atomic E-state index is -0.531. The van der Waals surface area contributed by atoms with Crippen LogP contribution in [-0.2, 0) is 11.3 Å². The summed E-state index contributed by atoms with van der Waals surface area (Å²) in [5.74, 6) is 0.626. The van der Waals surface area contributed by atoms with Gasteiger partial charge in [-0.05, 0) is 55.7 Å². The zero-order chi connectivity index (χ0) is 15.8. The zero-order valence-corrected chi connectivity index (χ0v) is 14.8. The first-order valence-corrected chi connectivity index (χ1v) is 8.20. The smallest absolute Gasteiger partial charge is 0.260 e. The molecule has 0 aromatic heterocycles. The normalized spacial score (nSPS) is 12.3. The zero-order valence-electron chi connectivity index (χ0n) is 13.2. The number of para-hydroxylation sites is 1. The van der Waals surface area contributed by atoms with Gasteiger partial charge >= 0.3 is 0 Å². The summed E-state index contributed by atoms with van der Waals surface area (Å²) >= 11 is 3.50. The summed E-state index contributed by atoms with van der Waals surface area (Å²) in [4.78, 5) is 12.0. The first-order valence-electron chi connectivity index (χ1n) is 7.40. The Balaban J connectivity index is 2.78. The number of benzene rings is 1. The van der Waals surface area contributed by atoms with Crippen LogP contribution in [-0.4, -0.2) is 24.6 Å². The number of hydrogen-bond acceptors (Lipinski definition) is 3. The molecular formula is C16H25BrN2O2. The van der Waals surface area contributed by atoms with Crippen LogP contribution in [0, 0.1) is 0 Å². The number of carbonyl (C=O) groups excluding carboxylic acids is 1. The van der Waals surface area contributed by atoms with Gasteiger partial charge in [-0.2, -0.15) is 0 Å². The fraction of sp³-hybridized carbons (Fsp3) is 0.562. The Kier molecular flexibility index (Phi) is 7.75. The van der Waals surface area contributed by atoms with Gasteiger partial charge in [-0.15, -0.1) is 0 Å². The molecule has 0 aliphatic rings. The number of carbonyl (C=O) groups is 1. The Bertz CT molecular complexity index is 464. The van der Waals surface area contributed by atoms with Crippen molar-refractivity contribution in [2.75, 3.05) is 6.54 Å². The van der Waals surface area contributed by atoms with E-state index in [-0.39, 0.29) is 11.9 Å². The van der Waals surface area contributed by atoms with Gasteiger partial charge in [-0.1, -0.05) is 19.1 Å². The average molecular weight is 357 g/mol. The van der Waals surface area contributed by atoms with E-state index in [4.69, 9.17) is 4.74 Å². The molecule has 4 nitrogen and oxygen atoms in total. The third kappa shape index (κ3) is 6.06. The molecule has 118 valence electrons. The molecule has 0 heterocycles. The Morgan fingerprint density at radius 3 is 2.67 bits per heavy atom. The van der Waals surface area contributed by atoms with Gasteiger partial charge in [-0.3, -0.25) is 4.79 Å². The molecule has 21 heavy (non-hydrogen) atoms. The summed E-state index contributed by atoms with van der Waals surface area (Å²) in [5, 5.41) is 6.21.